The highest BCUT2D eigenvalue weighted by molar-refractivity contribution is 7.92. The molecule has 0 N–H and O–H groups in total. The van der Waals surface area contributed by atoms with Gasteiger partial charge in [0.1, 0.15) is 5.82 Å². The average molecular weight is 376 g/mol. The SMILES string of the molecule is CN(c1ccc(C(=O)N2CCC[C@H](c3nccn3C)C2)cc1)S(C)(=O)=O. The van der Waals surface area contributed by atoms with E-state index in [2.05, 4.69) is 4.98 Å². The number of rotatable bonds is 4. The summed E-state index contributed by atoms with van der Waals surface area (Å²) in [7, 11) is 0.149. The van der Waals surface area contributed by atoms with Gasteiger partial charge < -0.3 is 9.47 Å². The molecular weight excluding hydrogens is 352 g/mol. The minimum Gasteiger partial charge on any atom is -0.338 e. The highest BCUT2D eigenvalue weighted by Crippen LogP contribution is 2.27. The van der Waals surface area contributed by atoms with Crippen LogP contribution in [-0.4, -0.2) is 55.2 Å². The molecule has 3 rings (SSSR count). The first-order valence-corrected chi connectivity index (χ1v) is 10.4. The smallest absolute Gasteiger partial charge is 0.253 e. The van der Waals surface area contributed by atoms with Crippen molar-refractivity contribution in [2.45, 2.75) is 18.8 Å². The number of likely N-dealkylation sites (tertiary alicyclic amines) is 1. The van der Waals surface area contributed by atoms with Crippen LogP contribution < -0.4 is 4.31 Å². The van der Waals surface area contributed by atoms with Gasteiger partial charge in [-0.2, -0.15) is 0 Å². The number of carbonyl (C=O) groups is 1. The second-order valence-corrected chi connectivity index (χ2v) is 8.78. The Morgan fingerprint density at radius 1 is 1.27 bits per heavy atom. The predicted molar refractivity (Wildman–Crippen MR) is 101 cm³/mol. The van der Waals surface area contributed by atoms with Gasteiger partial charge in [0.15, 0.2) is 0 Å². The third kappa shape index (κ3) is 3.75. The Balaban J connectivity index is 1.73. The molecule has 1 aromatic heterocycles. The highest BCUT2D eigenvalue weighted by Gasteiger charge is 2.27. The molecule has 1 atom stereocenters. The molecule has 2 aromatic rings. The van der Waals surface area contributed by atoms with E-state index >= 15 is 0 Å². The molecule has 0 spiro atoms. The molecule has 1 aliphatic rings. The van der Waals surface area contributed by atoms with Gasteiger partial charge in [-0.05, 0) is 37.1 Å². The largest absolute Gasteiger partial charge is 0.338 e. The van der Waals surface area contributed by atoms with E-state index in [9.17, 15) is 13.2 Å². The van der Waals surface area contributed by atoms with Gasteiger partial charge in [-0.1, -0.05) is 0 Å². The molecule has 1 amide bonds. The molecule has 7 nitrogen and oxygen atoms in total. The van der Waals surface area contributed by atoms with Gasteiger partial charge in [0.05, 0.1) is 11.9 Å². The summed E-state index contributed by atoms with van der Waals surface area (Å²) in [6.07, 6.45) is 6.82. The third-order valence-electron chi connectivity index (χ3n) is 4.91. The quantitative estimate of drug-likeness (QED) is 0.816. The number of anilines is 1. The maximum Gasteiger partial charge on any atom is 0.253 e. The van der Waals surface area contributed by atoms with Crippen LogP contribution >= 0.6 is 0 Å². The zero-order chi connectivity index (χ0) is 18.9. The van der Waals surface area contributed by atoms with E-state index in [0.717, 1.165) is 31.5 Å². The van der Waals surface area contributed by atoms with Crippen LogP contribution in [0.3, 0.4) is 0 Å². The van der Waals surface area contributed by atoms with Gasteiger partial charge in [0, 0.05) is 51.1 Å². The molecule has 0 radical (unpaired) electrons. The lowest BCUT2D eigenvalue weighted by Crippen LogP contribution is -2.39. The summed E-state index contributed by atoms with van der Waals surface area (Å²) in [4.78, 5) is 19.1. The van der Waals surface area contributed by atoms with E-state index in [1.165, 1.54) is 11.4 Å². The fourth-order valence-electron chi connectivity index (χ4n) is 3.33. The number of aryl methyl sites for hydroxylation is 1. The van der Waals surface area contributed by atoms with Crippen molar-refractivity contribution in [2.75, 3.05) is 30.7 Å². The number of imidazole rings is 1. The maximum absolute atomic E-state index is 12.8. The third-order valence-corrected chi connectivity index (χ3v) is 6.11. The first kappa shape index (κ1) is 18.4. The van der Waals surface area contributed by atoms with Crippen LogP contribution in [-0.2, 0) is 17.1 Å². The summed E-state index contributed by atoms with van der Waals surface area (Å²) in [5.74, 6) is 1.22. The molecule has 26 heavy (non-hydrogen) atoms. The van der Waals surface area contributed by atoms with Crippen LogP contribution in [0.1, 0.15) is 34.9 Å². The number of nitrogens with zero attached hydrogens (tertiary/aromatic N) is 4. The fourth-order valence-corrected chi connectivity index (χ4v) is 3.84. The van der Waals surface area contributed by atoms with Gasteiger partial charge in [0.25, 0.3) is 5.91 Å². The van der Waals surface area contributed by atoms with Crippen molar-refractivity contribution in [3.05, 3.63) is 48.0 Å². The van der Waals surface area contributed by atoms with Gasteiger partial charge in [-0.15, -0.1) is 0 Å². The summed E-state index contributed by atoms with van der Waals surface area (Å²) in [6.45, 7) is 1.37. The molecule has 1 aromatic carbocycles. The number of piperidine rings is 1. The number of benzene rings is 1. The van der Waals surface area contributed by atoms with Crippen molar-refractivity contribution < 1.29 is 13.2 Å². The number of amides is 1. The summed E-state index contributed by atoms with van der Waals surface area (Å²) >= 11 is 0. The van der Waals surface area contributed by atoms with Crippen LogP contribution in [0.5, 0.6) is 0 Å². The van der Waals surface area contributed by atoms with Crippen molar-refractivity contribution in [1.29, 1.82) is 0 Å². The van der Waals surface area contributed by atoms with Crippen molar-refractivity contribution in [3.63, 3.8) is 0 Å². The van der Waals surface area contributed by atoms with Crippen LogP contribution in [0.4, 0.5) is 5.69 Å². The van der Waals surface area contributed by atoms with Gasteiger partial charge in [-0.3, -0.25) is 9.10 Å². The Morgan fingerprint density at radius 3 is 2.54 bits per heavy atom. The standard InChI is InChI=1S/C18H24N4O3S/c1-20-12-10-19-17(20)15-5-4-11-22(13-15)18(23)14-6-8-16(9-7-14)21(2)26(3,24)25/h6-10,12,15H,4-5,11,13H2,1-3H3/t15-/m0/s1. The molecular formula is C18H24N4O3S. The molecule has 0 bridgehead atoms. The Labute approximate surface area is 154 Å². The van der Waals surface area contributed by atoms with Crippen LogP contribution in [0.15, 0.2) is 36.7 Å². The van der Waals surface area contributed by atoms with E-state index in [1.807, 2.05) is 22.7 Å². The maximum atomic E-state index is 12.8. The van der Waals surface area contributed by atoms with Crippen molar-refractivity contribution in [3.8, 4) is 0 Å². The number of aromatic nitrogens is 2. The summed E-state index contributed by atoms with van der Waals surface area (Å²) in [6, 6.07) is 6.69. The molecule has 0 unspecified atom stereocenters. The molecule has 8 heteroatoms. The second-order valence-electron chi connectivity index (χ2n) is 6.76. The second kappa shape index (κ2) is 7.11. The first-order chi connectivity index (χ1) is 12.3. The molecule has 2 heterocycles. The Morgan fingerprint density at radius 2 is 1.96 bits per heavy atom. The lowest BCUT2D eigenvalue weighted by Gasteiger charge is -2.32. The van der Waals surface area contributed by atoms with E-state index in [-0.39, 0.29) is 11.8 Å². The molecule has 1 fully saturated rings. The van der Waals surface area contributed by atoms with Crippen LogP contribution in [0, 0.1) is 0 Å². The normalized spacial score (nSPS) is 18.0. The van der Waals surface area contributed by atoms with Crippen molar-refractivity contribution >= 4 is 21.6 Å². The molecule has 1 aliphatic heterocycles. The van der Waals surface area contributed by atoms with E-state index in [0.29, 0.717) is 17.8 Å². The predicted octanol–water partition coefficient (Wildman–Crippen LogP) is 1.84. The lowest BCUT2D eigenvalue weighted by molar-refractivity contribution is 0.0703. The Bertz CT molecular complexity index is 889. The van der Waals surface area contributed by atoms with Crippen LogP contribution in [0.25, 0.3) is 0 Å². The van der Waals surface area contributed by atoms with E-state index < -0.39 is 10.0 Å². The molecule has 140 valence electrons. The number of hydrogen-bond donors (Lipinski definition) is 0. The minimum absolute atomic E-state index is 0.0301. The molecule has 0 aliphatic carbocycles. The lowest BCUT2D eigenvalue weighted by atomic mass is 9.96. The number of carbonyl (C=O) groups excluding carboxylic acids is 1. The van der Waals surface area contributed by atoms with E-state index in [1.54, 1.807) is 30.5 Å². The van der Waals surface area contributed by atoms with Crippen molar-refractivity contribution in [2.24, 2.45) is 7.05 Å². The topological polar surface area (TPSA) is 75.5 Å². The van der Waals surface area contributed by atoms with Crippen LogP contribution in [0.2, 0.25) is 0 Å². The van der Waals surface area contributed by atoms with Gasteiger partial charge >= 0.3 is 0 Å². The van der Waals surface area contributed by atoms with Gasteiger partial charge in [0.2, 0.25) is 10.0 Å². The van der Waals surface area contributed by atoms with Gasteiger partial charge in [-0.25, -0.2) is 13.4 Å². The fraction of sp³-hybridized carbons (Fsp3) is 0.444. The minimum atomic E-state index is -3.32. The summed E-state index contributed by atoms with van der Waals surface area (Å²) < 4.78 is 26.4. The number of hydrogen-bond acceptors (Lipinski definition) is 4. The summed E-state index contributed by atoms with van der Waals surface area (Å²) in [5, 5.41) is 0. The number of sulfonamides is 1. The van der Waals surface area contributed by atoms with E-state index in [4.69, 9.17) is 0 Å². The molecule has 1 saturated heterocycles. The Kier molecular flexibility index (Phi) is 5.04. The summed E-state index contributed by atoms with van der Waals surface area (Å²) in [5.41, 5.74) is 1.10. The first-order valence-electron chi connectivity index (χ1n) is 8.58. The zero-order valence-corrected chi connectivity index (χ0v) is 16.1. The zero-order valence-electron chi connectivity index (χ0n) is 15.3. The Hall–Kier alpha value is -2.35. The highest BCUT2D eigenvalue weighted by atomic mass is 32.2. The van der Waals surface area contributed by atoms with Crippen molar-refractivity contribution in [1.82, 2.24) is 14.5 Å². The average Bonchev–Trinajstić information content (AvgIpc) is 3.06. The molecule has 0 saturated carbocycles. The monoisotopic (exact) mass is 376 g/mol.